The summed E-state index contributed by atoms with van der Waals surface area (Å²) in [5.41, 5.74) is 0. The Balaban J connectivity index is 2.04. The van der Waals surface area contributed by atoms with Crippen molar-refractivity contribution in [2.75, 3.05) is 19.0 Å². The van der Waals surface area contributed by atoms with E-state index in [4.69, 9.17) is 4.74 Å². The van der Waals surface area contributed by atoms with E-state index in [1.807, 2.05) is 12.4 Å². The summed E-state index contributed by atoms with van der Waals surface area (Å²) in [5, 5.41) is 3.65. The number of anilines is 1. The fourth-order valence-electron chi connectivity index (χ4n) is 3.05. The Bertz CT molecular complexity index is 390. The monoisotopic (exact) mass is 265 g/mol. The summed E-state index contributed by atoms with van der Waals surface area (Å²) in [6.07, 6.45) is 7.82. The zero-order valence-corrected chi connectivity index (χ0v) is 12.6. The topological polar surface area (TPSA) is 39.1 Å². The lowest BCUT2D eigenvalue weighted by Gasteiger charge is -2.35. The van der Waals surface area contributed by atoms with Gasteiger partial charge in [-0.25, -0.2) is 4.98 Å². The first-order valence-corrected chi connectivity index (χ1v) is 7.41. The molecule has 0 amide bonds. The molecule has 19 heavy (non-hydrogen) atoms. The maximum Gasteiger partial charge on any atom is 0.203 e. The van der Waals surface area contributed by atoms with Crippen molar-refractivity contribution in [1.82, 2.24) is 9.55 Å². The molecule has 1 aliphatic rings. The third kappa shape index (κ3) is 3.30. The minimum Gasteiger partial charge on any atom is -0.383 e. The van der Waals surface area contributed by atoms with E-state index in [1.165, 1.54) is 19.3 Å². The van der Waals surface area contributed by atoms with Crippen molar-refractivity contribution in [2.45, 2.75) is 52.1 Å². The van der Waals surface area contributed by atoms with Gasteiger partial charge in [-0.3, -0.25) is 0 Å². The number of nitrogens with one attached hydrogen (secondary N) is 1. The van der Waals surface area contributed by atoms with Gasteiger partial charge in [0.15, 0.2) is 0 Å². The molecule has 0 radical (unpaired) electrons. The minimum absolute atomic E-state index is 0.311. The second-order valence-electron chi connectivity index (χ2n) is 5.98. The molecule has 108 valence electrons. The van der Waals surface area contributed by atoms with Gasteiger partial charge in [-0.05, 0) is 25.2 Å². The fourth-order valence-corrected chi connectivity index (χ4v) is 3.05. The molecule has 1 saturated carbocycles. The molecule has 0 aliphatic heterocycles. The van der Waals surface area contributed by atoms with Crippen LogP contribution in [0.2, 0.25) is 0 Å². The minimum atomic E-state index is 0.311. The van der Waals surface area contributed by atoms with Gasteiger partial charge < -0.3 is 14.6 Å². The zero-order chi connectivity index (χ0) is 13.8. The van der Waals surface area contributed by atoms with Crippen molar-refractivity contribution in [2.24, 2.45) is 11.8 Å². The Morgan fingerprint density at radius 1 is 1.47 bits per heavy atom. The molecule has 0 bridgehead atoms. The van der Waals surface area contributed by atoms with E-state index in [-0.39, 0.29) is 0 Å². The van der Waals surface area contributed by atoms with Crippen LogP contribution < -0.4 is 5.32 Å². The number of ether oxygens (including phenoxy) is 1. The van der Waals surface area contributed by atoms with Gasteiger partial charge in [0.2, 0.25) is 5.95 Å². The van der Waals surface area contributed by atoms with Crippen LogP contribution in [0.15, 0.2) is 12.4 Å². The van der Waals surface area contributed by atoms with Gasteiger partial charge in [0.1, 0.15) is 0 Å². The van der Waals surface area contributed by atoms with E-state index in [1.54, 1.807) is 7.11 Å². The molecule has 4 heteroatoms. The largest absolute Gasteiger partial charge is 0.383 e. The molecule has 0 saturated heterocycles. The van der Waals surface area contributed by atoms with Gasteiger partial charge in [-0.1, -0.05) is 26.7 Å². The number of rotatable bonds is 5. The van der Waals surface area contributed by atoms with Crippen LogP contribution in [-0.2, 0) is 4.74 Å². The molecule has 4 nitrogen and oxygen atoms in total. The molecule has 1 heterocycles. The average molecular weight is 265 g/mol. The molecule has 1 aromatic heterocycles. The zero-order valence-electron chi connectivity index (χ0n) is 12.6. The van der Waals surface area contributed by atoms with Crippen molar-refractivity contribution in [1.29, 1.82) is 0 Å². The van der Waals surface area contributed by atoms with Crippen molar-refractivity contribution >= 4 is 5.95 Å². The molecule has 0 spiro atoms. The van der Waals surface area contributed by atoms with Gasteiger partial charge in [-0.2, -0.15) is 0 Å². The molecule has 0 aromatic carbocycles. The molecule has 2 rings (SSSR count). The van der Waals surface area contributed by atoms with E-state index in [2.05, 4.69) is 35.6 Å². The maximum atomic E-state index is 5.23. The summed E-state index contributed by atoms with van der Waals surface area (Å²) in [6.45, 7) is 7.58. The number of aromatic nitrogens is 2. The number of nitrogens with zero attached hydrogens (tertiary/aromatic N) is 2. The number of hydrogen-bond donors (Lipinski definition) is 1. The van der Waals surface area contributed by atoms with Crippen LogP contribution in [0, 0.1) is 11.8 Å². The SMILES string of the molecule is COCC(C)n1ccnc1NC1CCCC(C)C1C. The second kappa shape index (κ2) is 6.42. The van der Waals surface area contributed by atoms with Crippen molar-refractivity contribution in [3.05, 3.63) is 12.4 Å². The molecule has 1 N–H and O–H groups in total. The second-order valence-corrected chi connectivity index (χ2v) is 5.98. The lowest BCUT2D eigenvalue weighted by molar-refractivity contribution is 0.162. The Morgan fingerprint density at radius 3 is 3.00 bits per heavy atom. The Hall–Kier alpha value is -1.03. The normalized spacial score (nSPS) is 29.2. The summed E-state index contributed by atoms with van der Waals surface area (Å²) in [6, 6.07) is 0.853. The number of methoxy groups -OCH3 is 1. The highest BCUT2D eigenvalue weighted by Gasteiger charge is 2.28. The summed E-state index contributed by atoms with van der Waals surface area (Å²) in [4.78, 5) is 4.47. The van der Waals surface area contributed by atoms with Crippen molar-refractivity contribution in [3.63, 3.8) is 0 Å². The first-order valence-electron chi connectivity index (χ1n) is 7.41. The smallest absolute Gasteiger partial charge is 0.203 e. The van der Waals surface area contributed by atoms with E-state index in [0.29, 0.717) is 24.6 Å². The van der Waals surface area contributed by atoms with Gasteiger partial charge in [-0.15, -0.1) is 0 Å². The molecule has 4 atom stereocenters. The third-order valence-corrected chi connectivity index (χ3v) is 4.57. The molecule has 1 aliphatic carbocycles. The van der Waals surface area contributed by atoms with Crippen LogP contribution in [-0.4, -0.2) is 29.3 Å². The highest BCUT2D eigenvalue weighted by atomic mass is 16.5. The Labute approximate surface area is 116 Å². The third-order valence-electron chi connectivity index (χ3n) is 4.57. The van der Waals surface area contributed by atoms with Crippen LogP contribution in [0.3, 0.4) is 0 Å². The standard InChI is InChI=1S/C15H27N3O/c1-11-6-5-7-14(13(11)3)17-15-16-8-9-18(15)12(2)10-19-4/h8-9,11-14H,5-7,10H2,1-4H3,(H,16,17). The van der Waals surface area contributed by atoms with Crippen LogP contribution in [0.25, 0.3) is 0 Å². The lowest BCUT2D eigenvalue weighted by Crippen LogP contribution is -2.36. The summed E-state index contributed by atoms with van der Waals surface area (Å²) in [5.74, 6) is 2.48. The predicted octanol–water partition coefficient (Wildman–Crippen LogP) is 3.33. The number of hydrogen-bond acceptors (Lipinski definition) is 3. The lowest BCUT2D eigenvalue weighted by atomic mass is 9.78. The first-order chi connectivity index (χ1) is 9.13. The van der Waals surface area contributed by atoms with E-state index >= 15 is 0 Å². The van der Waals surface area contributed by atoms with E-state index in [9.17, 15) is 0 Å². The van der Waals surface area contributed by atoms with Crippen LogP contribution in [0.4, 0.5) is 5.95 Å². The van der Waals surface area contributed by atoms with Gasteiger partial charge in [0.05, 0.1) is 12.6 Å². The summed E-state index contributed by atoms with van der Waals surface area (Å²) in [7, 11) is 1.74. The fraction of sp³-hybridized carbons (Fsp3) is 0.800. The maximum absolute atomic E-state index is 5.23. The molecule has 1 aromatic rings. The van der Waals surface area contributed by atoms with Crippen molar-refractivity contribution in [3.8, 4) is 0 Å². The Kier molecular flexibility index (Phi) is 4.86. The van der Waals surface area contributed by atoms with Gasteiger partial charge in [0.25, 0.3) is 0 Å². The van der Waals surface area contributed by atoms with Crippen LogP contribution in [0.5, 0.6) is 0 Å². The average Bonchev–Trinajstić information content (AvgIpc) is 2.83. The van der Waals surface area contributed by atoms with E-state index in [0.717, 1.165) is 11.9 Å². The predicted molar refractivity (Wildman–Crippen MR) is 78.4 cm³/mol. The number of imidazole rings is 1. The van der Waals surface area contributed by atoms with E-state index < -0.39 is 0 Å². The highest BCUT2D eigenvalue weighted by Crippen LogP contribution is 2.31. The van der Waals surface area contributed by atoms with Crippen molar-refractivity contribution < 1.29 is 4.74 Å². The van der Waals surface area contributed by atoms with Crippen LogP contribution in [0.1, 0.15) is 46.1 Å². The molecule has 1 fully saturated rings. The summed E-state index contributed by atoms with van der Waals surface area (Å²) >= 11 is 0. The van der Waals surface area contributed by atoms with Crippen LogP contribution >= 0.6 is 0 Å². The highest BCUT2D eigenvalue weighted by molar-refractivity contribution is 5.29. The molecular formula is C15H27N3O. The quantitative estimate of drug-likeness (QED) is 0.887. The molecule has 4 unspecified atom stereocenters. The van der Waals surface area contributed by atoms with Gasteiger partial charge >= 0.3 is 0 Å². The summed E-state index contributed by atoms with van der Waals surface area (Å²) < 4.78 is 7.41. The Morgan fingerprint density at radius 2 is 2.26 bits per heavy atom. The first kappa shape index (κ1) is 14.4. The van der Waals surface area contributed by atoms with Gasteiger partial charge in [0, 0.05) is 25.5 Å². The molecular weight excluding hydrogens is 238 g/mol.